The molecule has 0 bridgehead atoms. The third-order valence-electron chi connectivity index (χ3n) is 4.60. The van der Waals surface area contributed by atoms with Gasteiger partial charge in [-0.3, -0.25) is 0 Å². The molecular formula is C21H23N7O. The summed E-state index contributed by atoms with van der Waals surface area (Å²) in [7, 11) is 0. The first-order valence-corrected chi connectivity index (χ1v) is 9.68. The number of para-hydroxylation sites is 2. The Morgan fingerprint density at radius 1 is 0.862 bits per heavy atom. The zero-order valence-electron chi connectivity index (χ0n) is 16.0. The fourth-order valence-electron chi connectivity index (χ4n) is 3.11. The molecule has 0 saturated carbocycles. The zero-order valence-corrected chi connectivity index (χ0v) is 16.0. The molecule has 4 rings (SSSR count). The van der Waals surface area contributed by atoms with Gasteiger partial charge in [-0.25, -0.2) is 5.43 Å². The van der Waals surface area contributed by atoms with Crippen molar-refractivity contribution in [3.8, 4) is 5.75 Å². The highest BCUT2D eigenvalue weighted by Gasteiger charge is 2.16. The van der Waals surface area contributed by atoms with Crippen molar-refractivity contribution in [1.82, 2.24) is 15.0 Å². The number of rotatable bonds is 6. The Hall–Kier alpha value is -3.68. The smallest absolute Gasteiger partial charge is 0.250 e. The second kappa shape index (κ2) is 9.01. The molecule has 0 atom stereocenters. The lowest BCUT2D eigenvalue weighted by molar-refractivity contribution is 0.474. The highest BCUT2D eigenvalue weighted by atomic mass is 16.3. The summed E-state index contributed by atoms with van der Waals surface area (Å²) in [6.45, 7) is 1.85. The second-order valence-corrected chi connectivity index (χ2v) is 6.75. The topological polar surface area (TPSA) is 98.6 Å². The van der Waals surface area contributed by atoms with E-state index >= 15 is 0 Å². The van der Waals surface area contributed by atoms with Crippen LogP contribution in [0, 0.1) is 0 Å². The summed E-state index contributed by atoms with van der Waals surface area (Å²) in [5, 5.41) is 17.2. The van der Waals surface area contributed by atoms with Gasteiger partial charge in [0.2, 0.25) is 17.8 Å². The Balaban J connectivity index is 1.57. The van der Waals surface area contributed by atoms with E-state index in [9.17, 15) is 5.11 Å². The van der Waals surface area contributed by atoms with Crippen molar-refractivity contribution in [3.63, 3.8) is 0 Å². The minimum Gasteiger partial charge on any atom is -0.507 e. The predicted molar refractivity (Wildman–Crippen MR) is 115 cm³/mol. The van der Waals surface area contributed by atoms with Crippen LogP contribution in [-0.2, 0) is 0 Å². The molecule has 3 N–H and O–H groups in total. The van der Waals surface area contributed by atoms with Gasteiger partial charge in [-0.1, -0.05) is 30.3 Å². The van der Waals surface area contributed by atoms with E-state index in [4.69, 9.17) is 0 Å². The van der Waals surface area contributed by atoms with Gasteiger partial charge in [-0.15, -0.1) is 0 Å². The van der Waals surface area contributed by atoms with Crippen LogP contribution in [0.15, 0.2) is 59.7 Å². The number of aromatic nitrogens is 3. The molecule has 0 unspecified atom stereocenters. The molecule has 2 aromatic carbocycles. The molecule has 0 spiro atoms. The Kier molecular flexibility index (Phi) is 5.80. The van der Waals surface area contributed by atoms with Crippen molar-refractivity contribution in [2.24, 2.45) is 5.10 Å². The standard InChI is InChI=1S/C21H23N7O/c29-18-12-6-5-9-16(18)15-22-27-20-24-19(23-17-10-3-1-4-11-17)25-21(26-20)28-13-7-2-8-14-28/h1,3-6,9-12,15,29H,2,7-8,13-14H2,(H2,23,24,25,26,27)/b22-15+. The predicted octanol–water partition coefficient (Wildman–Crippen LogP) is 3.76. The molecule has 8 heteroatoms. The second-order valence-electron chi connectivity index (χ2n) is 6.75. The van der Waals surface area contributed by atoms with Crippen molar-refractivity contribution in [1.29, 1.82) is 0 Å². The number of hydrogen-bond acceptors (Lipinski definition) is 8. The third kappa shape index (κ3) is 4.98. The summed E-state index contributed by atoms with van der Waals surface area (Å²) >= 11 is 0. The molecule has 0 radical (unpaired) electrons. The fourth-order valence-corrected chi connectivity index (χ4v) is 3.11. The quantitative estimate of drug-likeness (QED) is 0.436. The summed E-state index contributed by atoms with van der Waals surface area (Å²) in [5.41, 5.74) is 4.36. The van der Waals surface area contributed by atoms with Gasteiger partial charge in [0, 0.05) is 24.3 Å². The number of hydrazone groups is 1. The lowest BCUT2D eigenvalue weighted by Gasteiger charge is -2.26. The van der Waals surface area contributed by atoms with Gasteiger partial charge >= 0.3 is 0 Å². The van der Waals surface area contributed by atoms with E-state index in [0.29, 0.717) is 23.4 Å². The van der Waals surface area contributed by atoms with Gasteiger partial charge in [0.1, 0.15) is 5.75 Å². The minimum absolute atomic E-state index is 0.161. The van der Waals surface area contributed by atoms with Crippen LogP contribution in [0.4, 0.5) is 23.5 Å². The van der Waals surface area contributed by atoms with Crippen LogP contribution in [0.25, 0.3) is 0 Å². The number of phenolic OH excluding ortho intramolecular Hbond substituents is 1. The Bertz CT molecular complexity index is 972. The summed E-state index contributed by atoms with van der Waals surface area (Å²) in [6.07, 6.45) is 5.01. The molecular weight excluding hydrogens is 366 g/mol. The minimum atomic E-state index is 0.161. The molecule has 1 saturated heterocycles. The van der Waals surface area contributed by atoms with Crippen LogP contribution in [0.1, 0.15) is 24.8 Å². The summed E-state index contributed by atoms with van der Waals surface area (Å²) in [5.74, 6) is 1.57. The van der Waals surface area contributed by atoms with Crippen LogP contribution in [0.2, 0.25) is 0 Å². The molecule has 0 amide bonds. The van der Waals surface area contributed by atoms with E-state index in [1.807, 2.05) is 36.4 Å². The highest BCUT2D eigenvalue weighted by Crippen LogP contribution is 2.21. The van der Waals surface area contributed by atoms with E-state index in [0.717, 1.165) is 31.6 Å². The number of anilines is 4. The van der Waals surface area contributed by atoms with E-state index < -0.39 is 0 Å². The summed E-state index contributed by atoms with van der Waals surface area (Å²) < 4.78 is 0. The molecule has 1 aromatic heterocycles. The number of phenols is 1. The maximum absolute atomic E-state index is 9.85. The normalized spacial score (nSPS) is 14.1. The van der Waals surface area contributed by atoms with E-state index in [1.54, 1.807) is 18.2 Å². The van der Waals surface area contributed by atoms with Crippen molar-refractivity contribution >= 4 is 29.7 Å². The number of piperidine rings is 1. The molecule has 148 valence electrons. The number of aromatic hydroxyl groups is 1. The summed E-state index contributed by atoms with van der Waals surface area (Å²) in [6, 6.07) is 16.7. The fraction of sp³-hybridized carbons (Fsp3) is 0.238. The van der Waals surface area contributed by atoms with E-state index in [-0.39, 0.29) is 5.75 Å². The van der Waals surface area contributed by atoms with Gasteiger partial charge in [0.25, 0.3) is 0 Å². The average molecular weight is 389 g/mol. The lowest BCUT2D eigenvalue weighted by atomic mass is 10.1. The molecule has 8 nitrogen and oxygen atoms in total. The SMILES string of the molecule is Oc1ccccc1/C=N/Nc1nc(Nc2ccccc2)nc(N2CCCCC2)n1. The molecule has 1 aliphatic heterocycles. The average Bonchev–Trinajstić information content (AvgIpc) is 2.76. The molecule has 1 fully saturated rings. The molecule has 2 heterocycles. The number of hydrogen-bond donors (Lipinski definition) is 3. The van der Waals surface area contributed by atoms with Crippen molar-refractivity contribution < 1.29 is 5.11 Å². The first-order chi connectivity index (χ1) is 14.3. The number of nitrogens with one attached hydrogen (secondary N) is 2. The highest BCUT2D eigenvalue weighted by molar-refractivity contribution is 5.83. The molecule has 0 aliphatic carbocycles. The van der Waals surface area contributed by atoms with Crippen LogP contribution < -0.4 is 15.6 Å². The van der Waals surface area contributed by atoms with E-state index in [1.165, 1.54) is 12.6 Å². The zero-order chi connectivity index (χ0) is 19.9. The number of nitrogens with zero attached hydrogens (tertiary/aromatic N) is 5. The van der Waals surface area contributed by atoms with Crippen LogP contribution >= 0.6 is 0 Å². The maximum Gasteiger partial charge on any atom is 0.250 e. The monoisotopic (exact) mass is 389 g/mol. The Morgan fingerprint density at radius 3 is 2.38 bits per heavy atom. The van der Waals surface area contributed by atoms with E-state index in [2.05, 4.69) is 35.7 Å². The number of benzene rings is 2. The Morgan fingerprint density at radius 2 is 1.59 bits per heavy atom. The van der Waals surface area contributed by atoms with Crippen LogP contribution in [0.3, 0.4) is 0 Å². The largest absolute Gasteiger partial charge is 0.507 e. The Labute approximate surface area is 169 Å². The first-order valence-electron chi connectivity index (χ1n) is 9.68. The van der Waals surface area contributed by atoms with Gasteiger partial charge in [-0.05, 0) is 43.5 Å². The maximum atomic E-state index is 9.85. The third-order valence-corrected chi connectivity index (χ3v) is 4.60. The molecule has 29 heavy (non-hydrogen) atoms. The lowest BCUT2D eigenvalue weighted by Crippen LogP contribution is -2.31. The molecule has 3 aromatic rings. The van der Waals surface area contributed by atoms with Crippen molar-refractivity contribution in [2.75, 3.05) is 28.7 Å². The van der Waals surface area contributed by atoms with Crippen LogP contribution in [0.5, 0.6) is 5.75 Å². The summed E-state index contributed by atoms with van der Waals surface area (Å²) in [4.78, 5) is 15.7. The van der Waals surface area contributed by atoms with Crippen molar-refractivity contribution in [2.45, 2.75) is 19.3 Å². The van der Waals surface area contributed by atoms with Gasteiger partial charge < -0.3 is 15.3 Å². The van der Waals surface area contributed by atoms with Gasteiger partial charge in [0.15, 0.2) is 0 Å². The first kappa shape index (κ1) is 18.7. The molecule has 1 aliphatic rings. The van der Waals surface area contributed by atoms with Gasteiger partial charge in [-0.2, -0.15) is 20.1 Å². The van der Waals surface area contributed by atoms with Gasteiger partial charge in [0.05, 0.1) is 6.21 Å². The van der Waals surface area contributed by atoms with Crippen LogP contribution in [-0.4, -0.2) is 39.4 Å². The van der Waals surface area contributed by atoms with Crippen molar-refractivity contribution in [3.05, 3.63) is 60.2 Å².